The lowest BCUT2D eigenvalue weighted by atomic mass is 10.2. The van der Waals surface area contributed by atoms with Gasteiger partial charge in [0.05, 0.1) is 17.4 Å². The molecule has 0 fully saturated rings. The quantitative estimate of drug-likeness (QED) is 0.724. The van der Waals surface area contributed by atoms with Gasteiger partial charge in [-0.3, -0.25) is 14.6 Å². The van der Waals surface area contributed by atoms with Crippen LogP contribution in [0.2, 0.25) is 0 Å². The molecule has 1 amide bonds. The van der Waals surface area contributed by atoms with Gasteiger partial charge in [-0.2, -0.15) is 0 Å². The summed E-state index contributed by atoms with van der Waals surface area (Å²) in [6.45, 7) is 1.46. The van der Waals surface area contributed by atoms with Crippen LogP contribution < -0.4 is 5.32 Å². The zero-order valence-corrected chi connectivity index (χ0v) is 11.4. The number of amides is 1. The molecule has 0 saturated carbocycles. The third-order valence-electron chi connectivity index (χ3n) is 3.18. The van der Waals surface area contributed by atoms with Crippen LogP contribution in [0.1, 0.15) is 27.8 Å². The minimum absolute atomic E-state index is 0.0855. The van der Waals surface area contributed by atoms with Crippen LogP contribution in [0.25, 0.3) is 10.9 Å². The molecule has 3 rings (SSSR count). The Morgan fingerprint density at radius 2 is 2.00 bits per heavy atom. The number of ketones is 1. The molecule has 0 radical (unpaired) electrons. The SMILES string of the molecule is CC(=O)c1c[nH]c(C(=O)Nc2cnc3ccccc3c2)c1. The molecule has 5 nitrogen and oxygen atoms in total. The minimum Gasteiger partial charge on any atom is -0.356 e. The van der Waals surface area contributed by atoms with Gasteiger partial charge >= 0.3 is 0 Å². The van der Waals surface area contributed by atoms with Gasteiger partial charge in [-0.15, -0.1) is 0 Å². The molecule has 0 bridgehead atoms. The minimum atomic E-state index is -0.306. The van der Waals surface area contributed by atoms with Crippen molar-refractivity contribution in [3.63, 3.8) is 0 Å². The van der Waals surface area contributed by atoms with Crippen LogP contribution in [0.4, 0.5) is 5.69 Å². The number of hydrogen-bond acceptors (Lipinski definition) is 3. The monoisotopic (exact) mass is 279 g/mol. The molecule has 0 unspecified atom stereocenters. The molecule has 2 heterocycles. The van der Waals surface area contributed by atoms with Crippen LogP contribution >= 0.6 is 0 Å². The summed E-state index contributed by atoms with van der Waals surface area (Å²) in [6.07, 6.45) is 3.13. The van der Waals surface area contributed by atoms with E-state index in [0.29, 0.717) is 16.9 Å². The molecular weight excluding hydrogens is 266 g/mol. The molecule has 0 spiro atoms. The van der Waals surface area contributed by atoms with Crippen molar-refractivity contribution in [1.82, 2.24) is 9.97 Å². The van der Waals surface area contributed by atoms with Crippen molar-refractivity contribution < 1.29 is 9.59 Å². The Morgan fingerprint density at radius 1 is 1.19 bits per heavy atom. The lowest BCUT2D eigenvalue weighted by molar-refractivity contribution is 0.101. The van der Waals surface area contributed by atoms with Gasteiger partial charge in [-0.05, 0) is 25.1 Å². The van der Waals surface area contributed by atoms with Gasteiger partial charge < -0.3 is 10.3 Å². The number of aromatic nitrogens is 2. The number of aromatic amines is 1. The standard InChI is InChI=1S/C16H13N3O2/c1-10(20)12-7-15(17-8-12)16(21)19-13-6-11-4-2-3-5-14(11)18-9-13/h2-9,17H,1H3,(H,19,21). The molecule has 0 saturated heterocycles. The highest BCUT2D eigenvalue weighted by Gasteiger charge is 2.11. The highest BCUT2D eigenvalue weighted by atomic mass is 16.2. The van der Waals surface area contributed by atoms with Gasteiger partial charge in [0, 0.05) is 17.1 Å². The molecule has 2 aromatic heterocycles. The van der Waals surface area contributed by atoms with Crippen molar-refractivity contribution in [1.29, 1.82) is 0 Å². The number of rotatable bonds is 3. The second kappa shape index (κ2) is 5.20. The predicted octanol–water partition coefficient (Wildman–Crippen LogP) is 3.02. The van der Waals surface area contributed by atoms with E-state index in [1.807, 2.05) is 30.3 Å². The highest BCUT2D eigenvalue weighted by molar-refractivity contribution is 6.05. The number of hydrogen-bond donors (Lipinski definition) is 2. The molecule has 0 atom stereocenters. The molecule has 0 aliphatic heterocycles. The first kappa shape index (κ1) is 13.1. The molecule has 1 aromatic carbocycles. The van der Waals surface area contributed by atoms with E-state index in [4.69, 9.17) is 0 Å². The van der Waals surface area contributed by atoms with Gasteiger partial charge in [0.2, 0.25) is 0 Å². The van der Waals surface area contributed by atoms with Crippen molar-refractivity contribution in [2.24, 2.45) is 0 Å². The molecule has 2 N–H and O–H groups in total. The van der Waals surface area contributed by atoms with Crippen LogP contribution in [-0.4, -0.2) is 21.7 Å². The summed E-state index contributed by atoms with van der Waals surface area (Å²) in [5.74, 6) is -0.391. The predicted molar refractivity (Wildman–Crippen MR) is 80.5 cm³/mol. The third kappa shape index (κ3) is 2.67. The first-order chi connectivity index (χ1) is 10.1. The Labute approximate surface area is 121 Å². The zero-order valence-electron chi connectivity index (χ0n) is 11.4. The topological polar surface area (TPSA) is 74.8 Å². The van der Waals surface area contributed by atoms with Crippen molar-refractivity contribution in [2.45, 2.75) is 6.92 Å². The van der Waals surface area contributed by atoms with Gasteiger partial charge in [0.1, 0.15) is 5.69 Å². The van der Waals surface area contributed by atoms with Gasteiger partial charge in [0.25, 0.3) is 5.91 Å². The molecule has 21 heavy (non-hydrogen) atoms. The van der Waals surface area contributed by atoms with Crippen molar-refractivity contribution in [2.75, 3.05) is 5.32 Å². The maximum atomic E-state index is 12.1. The fraction of sp³-hybridized carbons (Fsp3) is 0.0625. The highest BCUT2D eigenvalue weighted by Crippen LogP contribution is 2.16. The molecule has 104 valence electrons. The second-order valence-corrected chi connectivity index (χ2v) is 4.73. The Hall–Kier alpha value is -2.95. The van der Waals surface area contributed by atoms with Crippen LogP contribution in [0.3, 0.4) is 0 Å². The maximum Gasteiger partial charge on any atom is 0.272 e. The number of pyridine rings is 1. The number of fused-ring (bicyclic) bond motifs is 1. The zero-order chi connectivity index (χ0) is 14.8. The van der Waals surface area contributed by atoms with Crippen LogP contribution in [0.15, 0.2) is 48.8 Å². The van der Waals surface area contributed by atoms with Gasteiger partial charge in [0.15, 0.2) is 5.78 Å². The van der Waals surface area contributed by atoms with E-state index in [9.17, 15) is 9.59 Å². The van der Waals surface area contributed by atoms with Gasteiger partial charge in [-0.1, -0.05) is 18.2 Å². The summed E-state index contributed by atoms with van der Waals surface area (Å²) in [5, 5.41) is 3.71. The number of para-hydroxylation sites is 1. The number of nitrogens with zero attached hydrogens (tertiary/aromatic N) is 1. The summed E-state index contributed by atoms with van der Waals surface area (Å²) in [7, 11) is 0. The van der Waals surface area contributed by atoms with E-state index < -0.39 is 0 Å². The first-order valence-electron chi connectivity index (χ1n) is 6.49. The lowest BCUT2D eigenvalue weighted by Crippen LogP contribution is -2.12. The largest absolute Gasteiger partial charge is 0.356 e. The Balaban J connectivity index is 1.83. The van der Waals surface area contributed by atoms with E-state index in [1.54, 1.807) is 6.20 Å². The number of carbonyl (C=O) groups is 2. The molecule has 3 aromatic rings. The summed E-state index contributed by atoms with van der Waals surface area (Å²) in [6, 6.07) is 11.1. The van der Waals surface area contributed by atoms with Crippen LogP contribution in [0, 0.1) is 0 Å². The van der Waals surface area contributed by atoms with Gasteiger partial charge in [-0.25, -0.2) is 0 Å². The Bertz CT molecular complexity index is 836. The number of carbonyl (C=O) groups excluding carboxylic acids is 2. The van der Waals surface area contributed by atoms with Crippen molar-refractivity contribution >= 4 is 28.3 Å². The summed E-state index contributed by atoms with van der Waals surface area (Å²) < 4.78 is 0. The second-order valence-electron chi connectivity index (χ2n) is 4.73. The van der Waals surface area contributed by atoms with E-state index >= 15 is 0 Å². The number of benzene rings is 1. The molecular formula is C16H13N3O2. The average molecular weight is 279 g/mol. The fourth-order valence-electron chi connectivity index (χ4n) is 2.07. The smallest absolute Gasteiger partial charge is 0.272 e. The molecule has 0 aliphatic carbocycles. The van der Waals surface area contributed by atoms with Crippen molar-refractivity contribution in [3.05, 3.63) is 60.0 Å². The fourth-order valence-corrected chi connectivity index (χ4v) is 2.07. The number of nitrogens with one attached hydrogen (secondary N) is 2. The van der Waals surface area contributed by atoms with E-state index in [-0.39, 0.29) is 11.7 Å². The summed E-state index contributed by atoms with van der Waals surface area (Å²) in [4.78, 5) is 30.4. The Kier molecular flexibility index (Phi) is 3.23. The van der Waals surface area contributed by atoms with E-state index in [2.05, 4.69) is 15.3 Å². The maximum absolute atomic E-state index is 12.1. The first-order valence-corrected chi connectivity index (χ1v) is 6.49. The van der Waals surface area contributed by atoms with Crippen molar-refractivity contribution in [3.8, 4) is 0 Å². The molecule has 5 heteroatoms. The van der Waals surface area contributed by atoms with Crippen LogP contribution in [-0.2, 0) is 0 Å². The Morgan fingerprint density at radius 3 is 2.76 bits per heavy atom. The normalized spacial score (nSPS) is 10.5. The number of anilines is 1. The van der Waals surface area contributed by atoms with E-state index in [1.165, 1.54) is 19.2 Å². The summed E-state index contributed by atoms with van der Waals surface area (Å²) in [5.41, 5.74) is 2.30. The average Bonchev–Trinajstić information content (AvgIpc) is 2.97. The third-order valence-corrected chi connectivity index (χ3v) is 3.18. The number of Topliss-reactive ketones (excluding diaryl/α,β-unsaturated/α-hetero) is 1. The van der Waals surface area contributed by atoms with Crippen LogP contribution in [0.5, 0.6) is 0 Å². The summed E-state index contributed by atoms with van der Waals surface area (Å²) >= 11 is 0. The van der Waals surface area contributed by atoms with E-state index in [0.717, 1.165) is 10.9 Å². The lowest BCUT2D eigenvalue weighted by Gasteiger charge is -2.04. The number of H-pyrrole nitrogens is 1. The molecule has 0 aliphatic rings.